The number of thiazole rings is 1. The first-order valence-corrected chi connectivity index (χ1v) is 10.1. The van der Waals surface area contributed by atoms with E-state index in [0.29, 0.717) is 5.92 Å². The van der Waals surface area contributed by atoms with E-state index in [1.165, 1.54) is 22.7 Å². The summed E-state index contributed by atoms with van der Waals surface area (Å²) in [6.45, 7) is 7.81. The molecule has 2 aromatic rings. The predicted octanol–water partition coefficient (Wildman–Crippen LogP) is 3.11. The van der Waals surface area contributed by atoms with Crippen molar-refractivity contribution >= 4 is 11.3 Å². The van der Waals surface area contributed by atoms with Crippen LogP contribution in [0.1, 0.15) is 52.7 Å². The van der Waals surface area contributed by atoms with Crippen molar-refractivity contribution in [2.24, 2.45) is 5.92 Å². The number of nitrogens with zero attached hydrogens (tertiary/aromatic N) is 4. The fourth-order valence-corrected chi connectivity index (χ4v) is 4.68. The molecule has 1 aliphatic heterocycles. The molecule has 0 unspecified atom stereocenters. The zero-order valence-electron chi connectivity index (χ0n) is 15.1. The molecule has 0 spiro atoms. The van der Waals surface area contributed by atoms with E-state index < -0.39 is 0 Å². The van der Waals surface area contributed by atoms with Crippen LogP contribution in [-0.4, -0.2) is 32.5 Å². The number of aromatic nitrogens is 3. The minimum Gasteiger partial charge on any atom is -0.299 e. The van der Waals surface area contributed by atoms with Crippen LogP contribution in [0.25, 0.3) is 0 Å². The van der Waals surface area contributed by atoms with Gasteiger partial charge in [0, 0.05) is 41.3 Å². The molecule has 1 saturated heterocycles. The molecule has 0 amide bonds. The summed E-state index contributed by atoms with van der Waals surface area (Å²) >= 11 is 1.90. The number of likely N-dealkylation sites (tertiary alicyclic amines) is 1. The second-order valence-electron chi connectivity index (χ2n) is 7.57. The van der Waals surface area contributed by atoms with Crippen molar-refractivity contribution in [2.45, 2.75) is 58.5 Å². The summed E-state index contributed by atoms with van der Waals surface area (Å²) in [5.74, 6) is 1.33. The molecule has 2 aromatic heterocycles. The molecule has 134 valence electrons. The molecule has 0 radical (unpaired) electrons. The Kier molecular flexibility index (Phi) is 4.73. The maximum atomic E-state index is 12.3. The molecule has 2 fully saturated rings. The number of piperidine rings is 1. The van der Waals surface area contributed by atoms with Crippen LogP contribution in [-0.2, 0) is 13.1 Å². The summed E-state index contributed by atoms with van der Waals surface area (Å²) in [7, 11) is 0. The average Bonchev–Trinajstić information content (AvgIpc) is 3.37. The predicted molar refractivity (Wildman–Crippen MR) is 100 cm³/mol. The summed E-state index contributed by atoms with van der Waals surface area (Å²) in [6.07, 6.45) is 8.73. The van der Waals surface area contributed by atoms with Gasteiger partial charge in [-0.15, -0.1) is 11.3 Å². The standard InChI is InChI=1S/C19H26N4OS/c1-13-14(2)21-12-23(19(13)24)10-15-5-7-22(8-6-15)11-17-9-20-18(25-17)16-3-4-16/h9,12,15-16H,3-8,10-11H2,1-2H3. The fraction of sp³-hybridized carbons (Fsp3) is 0.632. The topological polar surface area (TPSA) is 51.0 Å². The molecule has 1 aliphatic carbocycles. The highest BCUT2D eigenvalue weighted by Crippen LogP contribution is 2.41. The van der Waals surface area contributed by atoms with Gasteiger partial charge in [-0.3, -0.25) is 14.3 Å². The van der Waals surface area contributed by atoms with E-state index >= 15 is 0 Å². The Hall–Kier alpha value is -1.53. The van der Waals surface area contributed by atoms with Crippen molar-refractivity contribution < 1.29 is 0 Å². The third kappa shape index (κ3) is 3.85. The Bertz CT molecular complexity index is 800. The maximum absolute atomic E-state index is 12.3. The molecule has 6 heteroatoms. The molecular formula is C19H26N4OS. The molecule has 3 heterocycles. The Morgan fingerprint density at radius 3 is 2.64 bits per heavy atom. The van der Waals surface area contributed by atoms with E-state index in [1.807, 2.05) is 25.2 Å². The van der Waals surface area contributed by atoms with Crippen molar-refractivity contribution in [3.63, 3.8) is 0 Å². The lowest BCUT2D eigenvalue weighted by Crippen LogP contribution is -2.36. The summed E-state index contributed by atoms with van der Waals surface area (Å²) < 4.78 is 1.80. The third-order valence-electron chi connectivity index (χ3n) is 5.55. The van der Waals surface area contributed by atoms with Crippen molar-refractivity contribution in [2.75, 3.05) is 13.1 Å². The van der Waals surface area contributed by atoms with E-state index in [2.05, 4.69) is 21.1 Å². The van der Waals surface area contributed by atoms with E-state index in [0.717, 1.165) is 56.2 Å². The second kappa shape index (κ2) is 7.00. The number of hydrogen-bond donors (Lipinski definition) is 0. The van der Waals surface area contributed by atoms with Gasteiger partial charge in [0.2, 0.25) is 0 Å². The average molecular weight is 359 g/mol. The van der Waals surface area contributed by atoms with Gasteiger partial charge in [-0.2, -0.15) is 0 Å². The monoisotopic (exact) mass is 358 g/mol. The summed E-state index contributed by atoms with van der Waals surface area (Å²) in [4.78, 5) is 25.2. The SMILES string of the molecule is Cc1ncn(CC2CCN(Cc3cnc(C4CC4)s3)CC2)c(=O)c1C. The van der Waals surface area contributed by atoms with Gasteiger partial charge in [0.05, 0.1) is 11.3 Å². The van der Waals surface area contributed by atoms with Crippen LogP contribution in [0.3, 0.4) is 0 Å². The summed E-state index contributed by atoms with van der Waals surface area (Å²) in [6, 6.07) is 0. The van der Waals surface area contributed by atoms with Gasteiger partial charge in [0.25, 0.3) is 5.56 Å². The number of aryl methyl sites for hydroxylation is 1. The highest BCUT2D eigenvalue weighted by molar-refractivity contribution is 7.11. The van der Waals surface area contributed by atoms with Crippen molar-refractivity contribution in [1.29, 1.82) is 0 Å². The summed E-state index contributed by atoms with van der Waals surface area (Å²) in [5.41, 5.74) is 1.73. The van der Waals surface area contributed by atoms with Crippen molar-refractivity contribution in [1.82, 2.24) is 19.4 Å². The van der Waals surface area contributed by atoms with E-state index in [4.69, 9.17) is 0 Å². The minimum absolute atomic E-state index is 0.118. The molecule has 0 N–H and O–H groups in total. The fourth-order valence-electron chi connectivity index (χ4n) is 3.55. The molecule has 1 saturated carbocycles. The first kappa shape index (κ1) is 16.9. The summed E-state index contributed by atoms with van der Waals surface area (Å²) in [5, 5.41) is 1.34. The quantitative estimate of drug-likeness (QED) is 0.824. The lowest BCUT2D eigenvalue weighted by atomic mass is 9.96. The highest BCUT2D eigenvalue weighted by atomic mass is 32.1. The number of hydrogen-bond acceptors (Lipinski definition) is 5. The van der Waals surface area contributed by atoms with Gasteiger partial charge in [-0.1, -0.05) is 0 Å². The van der Waals surface area contributed by atoms with Crippen LogP contribution in [0.4, 0.5) is 0 Å². The van der Waals surface area contributed by atoms with Gasteiger partial charge >= 0.3 is 0 Å². The van der Waals surface area contributed by atoms with Crippen LogP contribution in [0.2, 0.25) is 0 Å². The Morgan fingerprint density at radius 2 is 1.92 bits per heavy atom. The minimum atomic E-state index is 0.118. The zero-order chi connectivity index (χ0) is 17.4. The molecule has 0 aromatic carbocycles. The molecule has 0 atom stereocenters. The normalized spacial score (nSPS) is 19.4. The van der Waals surface area contributed by atoms with E-state index in [-0.39, 0.29) is 5.56 Å². The Labute approximate surface area is 152 Å². The van der Waals surface area contributed by atoms with E-state index in [9.17, 15) is 4.79 Å². The van der Waals surface area contributed by atoms with Crippen molar-refractivity contribution in [3.8, 4) is 0 Å². The Morgan fingerprint density at radius 1 is 1.16 bits per heavy atom. The first-order valence-electron chi connectivity index (χ1n) is 9.29. The van der Waals surface area contributed by atoms with Crippen LogP contribution < -0.4 is 5.56 Å². The van der Waals surface area contributed by atoms with Gasteiger partial charge in [0.1, 0.15) is 0 Å². The molecule has 4 rings (SSSR count). The molecular weight excluding hydrogens is 332 g/mol. The zero-order valence-corrected chi connectivity index (χ0v) is 15.9. The maximum Gasteiger partial charge on any atom is 0.256 e. The van der Waals surface area contributed by atoms with Gasteiger partial charge < -0.3 is 0 Å². The lowest BCUT2D eigenvalue weighted by molar-refractivity contribution is 0.167. The van der Waals surface area contributed by atoms with Crippen LogP contribution in [0, 0.1) is 19.8 Å². The van der Waals surface area contributed by atoms with Gasteiger partial charge in [-0.25, -0.2) is 9.97 Å². The first-order chi connectivity index (χ1) is 12.1. The van der Waals surface area contributed by atoms with Crippen LogP contribution in [0.5, 0.6) is 0 Å². The molecule has 0 bridgehead atoms. The smallest absolute Gasteiger partial charge is 0.256 e. The number of rotatable bonds is 5. The van der Waals surface area contributed by atoms with Gasteiger partial charge in [-0.05, 0) is 58.5 Å². The molecule has 5 nitrogen and oxygen atoms in total. The van der Waals surface area contributed by atoms with Crippen molar-refractivity contribution in [3.05, 3.63) is 44.0 Å². The second-order valence-corrected chi connectivity index (χ2v) is 8.72. The van der Waals surface area contributed by atoms with Crippen LogP contribution >= 0.6 is 11.3 Å². The molecule has 25 heavy (non-hydrogen) atoms. The molecule has 2 aliphatic rings. The Balaban J connectivity index is 1.30. The highest BCUT2D eigenvalue weighted by Gasteiger charge is 2.27. The van der Waals surface area contributed by atoms with Gasteiger partial charge in [0.15, 0.2) is 0 Å². The van der Waals surface area contributed by atoms with E-state index in [1.54, 1.807) is 10.9 Å². The largest absolute Gasteiger partial charge is 0.299 e. The third-order valence-corrected chi connectivity index (χ3v) is 6.70. The lowest BCUT2D eigenvalue weighted by Gasteiger charge is -2.31. The van der Waals surface area contributed by atoms with Crippen LogP contribution in [0.15, 0.2) is 17.3 Å².